The van der Waals surface area contributed by atoms with E-state index < -0.39 is 0 Å². The van der Waals surface area contributed by atoms with Crippen molar-refractivity contribution >= 4 is 11.8 Å². The van der Waals surface area contributed by atoms with Gasteiger partial charge in [0.1, 0.15) is 0 Å². The molecular formula is C12H22OS. The van der Waals surface area contributed by atoms with Crippen LogP contribution in [0.1, 0.15) is 39.5 Å². The van der Waals surface area contributed by atoms with Gasteiger partial charge in [-0.2, -0.15) is 11.8 Å². The minimum atomic E-state index is -0.329. The lowest BCUT2D eigenvalue weighted by molar-refractivity contribution is -0.0466. The van der Waals surface area contributed by atoms with Crippen LogP contribution in [0, 0.1) is 17.8 Å². The molecule has 1 saturated carbocycles. The second kappa shape index (κ2) is 4.05. The molecule has 0 aromatic rings. The van der Waals surface area contributed by atoms with Crippen LogP contribution in [0.5, 0.6) is 0 Å². The number of thioether (sulfide) groups is 1. The van der Waals surface area contributed by atoms with Gasteiger partial charge in [0.25, 0.3) is 0 Å². The smallest absolute Gasteiger partial charge is 0.0798 e. The second-order valence-corrected chi connectivity index (χ2v) is 6.39. The first-order chi connectivity index (χ1) is 6.63. The third kappa shape index (κ3) is 1.83. The van der Waals surface area contributed by atoms with Gasteiger partial charge in [-0.25, -0.2) is 0 Å². The van der Waals surface area contributed by atoms with Gasteiger partial charge in [-0.3, -0.25) is 0 Å². The molecule has 1 nitrogen and oxygen atoms in total. The molecule has 2 rings (SSSR count). The third-order valence-corrected chi connectivity index (χ3v) is 5.68. The van der Waals surface area contributed by atoms with Crippen molar-refractivity contribution in [3.05, 3.63) is 0 Å². The topological polar surface area (TPSA) is 20.2 Å². The highest BCUT2D eigenvalue weighted by atomic mass is 32.2. The first kappa shape index (κ1) is 10.8. The summed E-state index contributed by atoms with van der Waals surface area (Å²) in [5.74, 6) is 4.12. The van der Waals surface area contributed by atoms with E-state index in [1.165, 1.54) is 25.7 Å². The second-order valence-electron chi connectivity index (χ2n) is 5.36. The van der Waals surface area contributed by atoms with Gasteiger partial charge in [-0.05, 0) is 36.3 Å². The average Bonchev–Trinajstić information content (AvgIpc) is 2.49. The number of rotatable bonds is 1. The van der Waals surface area contributed by atoms with Crippen LogP contribution in [0.2, 0.25) is 0 Å². The molecule has 2 unspecified atom stereocenters. The predicted molar refractivity (Wildman–Crippen MR) is 62.6 cm³/mol. The first-order valence-corrected chi connectivity index (χ1v) is 7.08. The molecule has 1 heterocycles. The minimum Gasteiger partial charge on any atom is -0.388 e. The van der Waals surface area contributed by atoms with Crippen molar-refractivity contribution in [2.75, 3.05) is 11.5 Å². The molecule has 0 aromatic heterocycles. The van der Waals surface area contributed by atoms with Gasteiger partial charge in [0.15, 0.2) is 0 Å². The summed E-state index contributed by atoms with van der Waals surface area (Å²) < 4.78 is 0. The zero-order valence-corrected chi connectivity index (χ0v) is 10.1. The normalized spacial score (nSPS) is 49.5. The van der Waals surface area contributed by atoms with Crippen molar-refractivity contribution in [3.63, 3.8) is 0 Å². The van der Waals surface area contributed by atoms with Crippen LogP contribution in [-0.4, -0.2) is 22.2 Å². The maximum Gasteiger partial charge on any atom is 0.0798 e. The van der Waals surface area contributed by atoms with Crippen LogP contribution in [-0.2, 0) is 0 Å². The molecule has 1 aliphatic carbocycles. The van der Waals surface area contributed by atoms with E-state index in [0.717, 1.165) is 17.4 Å². The van der Waals surface area contributed by atoms with Crippen LogP contribution >= 0.6 is 11.8 Å². The van der Waals surface area contributed by atoms with Crippen molar-refractivity contribution in [2.45, 2.75) is 45.1 Å². The van der Waals surface area contributed by atoms with Crippen molar-refractivity contribution in [1.29, 1.82) is 0 Å². The Kier molecular flexibility index (Phi) is 3.13. The molecule has 0 bridgehead atoms. The van der Waals surface area contributed by atoms with Crippen LogP contribution < -0.4 is 0 Å². The monoisotopic (exact) mass is 214 g/mol. The lowest BCUT2D eigenvalue weighted by atomic mass is 9.70. The van der Waals surface area contributed by atoms with Crippen LogP contribution in [0.4, 0.5) is 0 Å². The van der Waals surface area contributed by atoms with Gasteiger partial charge in [0, 0.05) is 5.75 Å². The molecule has 2 fully saturated rings. The fourth-order valence-electron chi connectivity index (χ4n) is 2.97. The van der Waals surface area contributed by atoms with Crippen molar-refractivity contribution < 1.29 is 5.11 Å². The first-order valence-electron chi connectivity index (χ1n) is 5.93. The number of aliphatic hydroxyl groups is 1. The molecular weight excluding hydrogens is 192 g/mol. The van der Waals surface area contributed by atoms with Gasteiger partial charge >= 0.3 is 0 Å². The summed E-state index contributed by atoms with van der Waals surface area (Å²) in [7, 11) is 0. The maximum atomic E-state index is 10.6. The lowest BCUT2D eigenvalue weighted by Crippen LogP contribution is -2.44. The van der Waals surface area contributed by atoms with Gasteiger partial charge in [-0.1, -0.05) is 26.7 Å². The molecule has 1 aliphatic heterocycles. The molecule has 2 heteroatoms. The van der Waals surface area contributed by atoms with E-state index in [4.69, 9.17) is 0 Å². The molecule has 2 atom stereocenters. The zero-order valence-electron chi connectivity index (χ0n) is 9.33. The molecule has 1 saturated heterocycles. The fraction of sp³-hybridized carbons (Fsp3) is 1.00. The Labute approximate surface area is 91.7 Å². The van der Waals surface area contributed by atoms with Crippen LogP contribution in [0.3, 0.4) is 0 Å². The van der Waals surface area contributed by atoms with E-state index in [2.05, 4.69) is 13.8 Å². The summed E-state index contributed by atoms with van der Waals surface area (Å²) >= 11 is 1.93. The van der Waals surface area contributed by atoms with Gasteiger partial charge in [-0.15, -0.1) is 0 Å². The van der Waals surface area contributed by atoms with Crippen molar-refractivity contribution in [2.24, 2.45) is 17.8 Å². The van der Waals surface area contributed by atoms with Gasteiger partial charge in [0.2, 0.25) is 0 Å². The Morgan fingerprint density at radius 1 is 1.14 bits per heavy atom. The Balaban J connectivity index is 2.00. The zero-order chi connectivity index (χ0) is 10.2. The maximum absolute atomic E-state index is 10.6. The van der Waals surface area contributed by atoms with Crippen LogP contribution in [0.25, 0.3) is 0 Å². The Morgan fingerprint density at radius 3 is 2.29 bits per heavy atom. The predicted octanol–water partition coefficient (Wildman–Crippen LogP) is 2.93. The SMILES string of the molecule is CC1CCC(C2(O)CSCC2C)CC1. The molecule has 0 spiro atoms. The summed E-state index contributed by atoms with van der Waals surface area (Å²) in [5.41, 5.74) is -0.329. The Morgan fingerprint density at radius 2 is 1.79 bits per heavy atom. The summed E-state index contributed by atoms with van der Waals surface area (Å²) in [4.78, 5) is 0. The fourth-order valence-corrected chi connectivity index (χ4v) is 4.57. The van der Waals surface area contributed by atoms with Crippen molar-refractivity contribution in [3.8, 4) is 0 Å². The summed E-state index contributed by atoms with van der Waals surface area (Å²) in [6, 6.07) is 0. The molecule has 1 N–H and O–H groups in total. The molecule has 0 aromatic carbocycles. The molecule has 2 aliphatic rings. The van der Waals surface area contributed by atoms with E-state index in [9.17, 15) is 5.11 Å². The minimum absolute atomic E-state index is 0.329. The summed E-state index contributed by atoms with van der Waals surface area (Å²) in [6.45, 7) is 4.56. The van der Waals surface area contributed by atoms with Gasteiger partial charge in [0.05, 0.1) is 5.60 Å². The average molecular weight is 214 g/mol. The Bertz CT molecular complexity index is 198. The number of hydrogen-bond donors (Lipinski definition) is 1. The summed E-state index contributed by atoms with van der Waals surface area (Å²) in [6.07, 6.45) is 5.15. The highest BCUT2D eigenvalue weighted by molar-refractivity contribution is 7.99. The highest BCUT2D eigenvalue weighted by Crippen LogP contribution is 2.45. The molecule has 82 valence electrons. The standard InChI is InChI=1S/C12H22OS/c1-9-3-5-11(6-4-9)12(13)8-14-7-10(12)2/h9-11,13H,3-8H2,1-2H3. The number of hydrogen-bond acceptors (Lipinski definition) is 2. The van der Waals surface area contributed by atoms with E-state index in [1.807, 2.05) is 11.8 Å². The van der Waals surface area contributed by atoms with E-state index in [0.29, 0.717) is 11.8 Å². The Hall–Kier alpha value is 0.310. The van der Waals surface area contributed by atoms with E-state index in [1.54, 1.807) is 0 Å². The van der Waals surface area contributed by atoms with Crippen molar-refractivity contribution in [1.82, 2.24) is 0 Å². The molecule has 0 radical (unpaired) electrons. The summed E-state index contributed by atoms with van der Waals surface area (Å²) in [5, 5.41) is 10.6. The molecule has 0 amide bonds. The molecule has 14 heavy (non-hydrogen) atoms. The van der Waals surface area contributed by atoms with E-state index >= 15 is 0 Å². The van der Waals surface area contributed by atoms with E-state index in [-0.39, 0.29) is 5.60 Å². The van der Waals surface area contributed by atoms with Crippen LogP contribution in [0.15, 0.2) is 0 Å². The largest absolute Gasteiger partial charge is 0.388 e. The quantitative estimate of drug-likeness (QED) is 0.724. The van der Waals surface area contributed by atoms with Gasteiger partial charge < -0.3 is 5.11 Å². The highest BCUT2D eigenvalue weighted by Gasteiger charge is 2.45. The lowest BCUT2D eigenvalue weighted by Gasteiger charge is -2.39. The third-order valence-electron chi connectivity index (χ3n) is 4.28.